The topological polar surface area (TPSA) is 23.0 Å². The molecule has 0 radical (unpaired) electrons. The van der Waals surface area contributed by atoms with Crippen molar-refractivity contribution >= 4 is 76.3 Å². The molecule has 0 saturated carbocycles. The Kier molecular flexibility index (Phi) is 2.77. The molecule has 0 aliphatic carbocycles. The summed E-state index contributed by atoms with van der Waals surface area (Å²) in [4.78, 5) is 0. The lowest BCUT2D eigenvalue weighted by Gasteiger charge is -2.07. The molecule has 6 aromatic carbocycles. The van der Waals surface area contributed by atoms with Crippen molar-refractivity contribution in [2.75, 3.05) is 0 Å². The maximum atomic E-state index is 6.42. The summed E-state index contributed by atoms with van der Waals surface area (Å²) in [5.41, 5.74) is 8.07. The minimum Gasteiger partial charge on any atom is -0.456 e. The number of nitrogens with zero attached hydrogens (tertiary/aromatic N) is 2. The number of rotatable bonds is 1. The van der Waals surface area contributed by atoms with Crippen LogP contribution in [0, 0.1) is 0 Å². The highest BCUT2D eigenvalue weighted by atomic mass is 16.3. The van der Waals surface area contributed by atoms with Gasteiger partial charge in [-0.25, -0.2) is 0 Å². The van der Waals surface area contributed by atoms with E-state index in [2.05, 4.69) is 107 Å². The molecule has 0 unspecified atom stereocenters. The molecule has 0 amide bonds. The van der Waals surface area contributed by atoms with Gasteiger partial charge in [-0.05, 0) is 59.3 Å². The number of hydrogen-bond acceptors (Lipinski definition) is 1. The summed E-state index contributed by atoms with van der Waals surface area (Å²) in [7, 11) is 2.18. The van der Waals surface area contributed by atoms with Crippen molar-refractivity contribution in [1.29, 1.82) is 0 Å². The number of furan rings is 1. The number of benzene rings is 5. The summed E-state index contributed by atoms with van der Waals surface area (Å²) in [6, 6.07) is 32.8. The Morgan fingerprint density at radius 1 is 0.471 bits per heavy atom. The van der Waals surface area contributed by atoms with Gasteiger partial charge in [0.25, 0.3) is 0 Å². The molecular weight excluding hydrogens is 416 g/mol. The van der Waals surface area contributed by atoms with Crippen molar-refractivity contribution < 1.29 is 4.42 Å². The molecule has 0 N–H and O–H groups in total. The maximum Gasteiger partial charge on any atom is 0.136 e. The Morgan fingerprint density at radius 2 is 1.09 bits per heavy atom. The molecule has 0 spiro atoms. The predicted octanol–water partition coefficient (Wildman–Crippen LogP) is 8.36. The quantitative estimate of drug-likeness (QED) is 0.254. The third-order valence-corrected chi connectivity index (χ3v) is 7.85. The second-order valence-corrected chi connectivity index (χ2v) is 9.40. The summed E-state index contributed by atoms with van der Waals surface area (Å²) in [6.45, 7) is 0. The van der Waals surface area contributed by atoms with E-state index in [1.54, 1.807) is 0 Å². The first-order valence-corrected chi connectivity index (χ1v) is 11.7. The van der Waals surface area contributed by atoms with E-state index < -0.39 is 0 Å². The van der Waals surface area contributed by atoms with Crippen LogP contribution in [0.1, 0.15) is 0 Å². The number of para-hydroxylation sites is 1. The van der Waals surface area contributed by atoms with E-state index >= 15 is 0 Å². The van der Waals surface area contributed by atoms with E-state index in [9.17, 15) is 0 Å². The number of hydrogen-bond donors (Lipinski definition) is 0. The Balaban J connectivity index is 1.76. The van der Waals surface area contributed by atoms with E-state index in [-0.39, 0.29) is 0 Å². The SMILES string of the molecule is Cn1c2ccc3oc4cccc5c6cccc7c6c6c(c2c3c45)c1ccc6n7-c1ccccc1. The van der Waals surface area contributed by atoms with Gasteiger partial charge in [0.15, 0.2) is 0 Å². The van der Waals surface area contributed by atoms with Crippen LogP contribution >= 0.6 is 0 Å². The molecule has 0 atom stereocenters. The summed E-state index contributed by atoms with van der Waals surface area (Å²) < 4.78 is 11.2. The fourth-order valence-corrected chi connectivity index (χ4v) is 6.54. The van der Waals surface area contributed by atoms with Crippen LogP contribution in [0.4, 0.5) is 0 Å². The Labute approximate surface area is 193 Å². The largest absolute Gasteiger partial charge is 0.456 e. The molecule has 3 heteroatoms. The van der Waals surface area contributed by atoms with Gasteiger partial charge in [0.2, 0.25) is 0 Å². The highest BCUT2D eigenvalue weighted by molar-refractivity contribution is 6.41. The Morgan fingerprint density at radius 3 is 1.94 bits per heavy atom. The molecule has 0 aliphatic rings. The smallest absolute Gasteiger partial charge is 0.136 e. The van der Waals surface area contributed by atoms with Crippen LogP contribution in [-0.2, 0) is 7.05 Å². The zero-order chi connectivity index (χ0) is 22.1. The van der Waals surface area contributed by atoms with Crippen LogP contribution in [0.5, 0.6) is 0 Å². The lowest BCUT2D eigenvalue weighted by molar-refractivity contribution is 0.669. The zero-order valence-electron chi connectivity index (χ0n) is 18.5. The van der Waals surface area contributed by atoms with Crippen LogP contribution < -0.4 is 0 Å². The van der Waals surface area contributed by atoms with Crippen molar-refractivity contribution in [2.45, 2.75) is 0 Å². The van der Waals surface area contributed by atoms with Crippen LogP contribution in [0.15, 0.2) is 95.4 Å². The van der Waals surface area contributed by atoms with Gasteiger partial charge >= 0.3 is 0 Å². The van der Waals surface area contributed by atoms with Crippen LogP contribution in [0.25, 0.3) is 82.0 Å². The van der Waals surface area contributed by atoms with E-state index in [4.69, 9.17) is 4.42 Å². The van der Waals surface area contributed by atoms with Crippen molar-refractivity contribution in [3.05, 3.63) is 91.0 Å². The first kappa shape index (κ1) is 17.0. The minimum atomic E-state index is 0.951. The van der Waals surface area contributed by atoms with Crippen molar-refractivity contribution in [2.24, 2.45) is 7.05 Å². The average Bonchev–Trinajstić information content (AvgIpc) is 3.51. The summed E-state index contributed by atoms with van der Waals surface area (Å²) in [5, 5.41) is 10.2. The van der Waals surface area contributed by atoms with Gasteiger partial charge in [-0.3, -0.25) is 0 Å². The Hall–Kier alpha value is -4.50. The summed E-state index contributed by atoms with van der Waals surface area (Å²) in [5.74, 6) is 0. The standard InChI is InChI=1S/C31H18N2O/c1-32-20-13-14-23-30-26-18(9-5-11-22(26)33(23)17-7-3-2-4-8-17)19-10-6-12-24-27(19)31-25(34-24)16-15-21(32)29(31)28(20)30/h2-16H,1H3. The van der Waals surface area contributed by atoms with Gasteiger partial charge in [-0.15, -0.1) is 0 Å². The lowest BCUT2D eigenvalue weighted by Crippen LogP contribution is -1.93. The Bertz CT molecular complexity index is 2220. The zero-order valence-corrected chi connectivity index (χ0v) is 18.5. The predicted molar refractivity (Wildman–Crippen MR) is 142 cm³/mol. The fraction of sp³-hybridized carbons (Fsp3) is 0.0323. The third kappa shape index (κ3) is 1.74. The molecule has 3 nitrogen and oxygen atoms in total. The molecule has 34 heavy (non-hydrogen) atoms. The second-order valence-electron chi connectivity index (χ2n) is 9.40. The van der Waals surface area contributed by atoms with Crippen LogP contribution in [0.2, 0.25) is 0 Å². The molecular formula is C31H18N2O. The van der Waals surface area contributed by atoms with Gasteiger partial charge in [0, 0.05) is 56.1 Å². The molecule has 158 valence electrons. The first-order chi connectivity index (χ1) is 16.8. The maximum absolute atomic E-state index is 6.42. The second kappa shape index (κ2) is 5.52. The molecule has 0 aliphatic heterocycles. The molecule has 0 saturated heterocycles. The normalized spacial score (nSPS) is 12.9. The van der Waals surface area contributed by atoms with Gasteiger partial charge in [0.05, 0.1) is 11.0 Å². The average molecular weight is 434 g/mol. The van der Waals surface area contributed by atoms with Crippen LogP contribution in [0.3, 0.4) is 0 Å². The van der Waals surface area contributed by atoms with E-state index in [0.717, 1.165) is 11.2 Å². The molecule has 3 aromatic heterocycles. The number of fused-ring (bicyclic) bond motifs is 1. The van der Waals surface area contributed by atoms with Gasteiger partial charge < -0.3 is 13.6 Å². The van der Waals surface area contributed by atoms with E-state index in [1.807, 2.05) is 0 Å². The minimum absolute atomic E-state index is 0.951. The van der Waals surface area contributed by atoms with Crippen molar-refractivity contribution in [3.8, 4) is 5.69 Å². The highest BCUT2D eigenvalue weighted by Gasteiger charge is 2.25. The van der Waals surface area contributed by atoms with E-state index in [1.165, 1.54) is 70.8 Å². The van der Waals surface area contributed by atoms with Gasteiger partial charge in [-0.1, -0.05) is 42.5 Å². The van der Waals surface area contributed by atoms with E-state index in [0.29, 0.717) is 0 Å². The molecule has 0 bridgehead atoms. The molecule has 9 rings (SSSR count). The molecule has 9 aromatic rings. The van der Waals surface area contributed by atoms with Gasteiger partial charge in [-0.2, -0.15) is 0 Å². The molecule has 0 fully saturated rings. The highest BCUT2D eigenvalue weighted by Crippen LogP contribution is 2.49. The fourth-order valence-electron chi connectivity index (χ4n) is 6.54. The van der Waals surface area contributed by atoms with Gasteiger partial charge in [0.1, 0.15) is 11.2 Å². The first-order valence-electron chi connectivity index (χ1n) is 11.7. The third-order valence-electron chi connectivity index (χ3n) is 7.85. The lowest BCUT2D eigenvalue weighted by atomic mass is 9.95. The van der Waals surface area contributed by atoms with Crippen molar-refractivity contribution in [3.63, 3.8) is 0 Å². The molecule has 3 heterocycles. The number of aromatic nitrogens is 2. The summed E-state index contributed by atoms with van der Waals surface area (Å²) >= 11 is 0. The van der Waals surface area contributed by atoms with Crippen LogP contribution in [-0.4, -0.2) is 9.13 Å². The monoisotopic (exact) mass is 434 g/mol. The van der Waals surface area contributed by atoms with Crippen molar-refractivity contribution in [1.82, 2.24) is 9.13 Å². The number of aryl methyl sites for hydroxylation is 1. The summed E-state index contributed by atoms with van der Waals surface area (Å²) in [6.07, 6.45) is 0.